The second-order valence-corrected chi connectivity index (χ2v) is 6.18. The number of aryl methyl sites for hydroxylation is 1. The van der Waals surface area contributed by atoms with Crippen molar-refractivity contribution in [1.29, 1.82) is 0 Å². The van der Waals surface area contributed by atoms with Gasteiger partial charge in [-0.15, -0.1) is 11.3 Å². The molecule has 2 N–H and O–H groups in total. The molecule has 0 bridgehead atoms. The number of carboxylic acid groups (broad SMARTS) is 1. The predicted octanol–water partition coefficient (Wildman–Crippen LogP) is 4.07. The normalized spacial score (nSPS) is 10.4. The summed E-state index contributed by atoms with van der Waals surface area (Å²) >= 11 is 1.41. The lowest BCUT2D eigenvalue weighted by Gasteiger charge is -2.09. The van der Waals surface area contributed by atoms with Crippen LogP contribution < -0.4 is 5.32 Å². The fourth-order valence-electron chi connectivity index (χ4n) is 2.23. The molecule has 1 aromatic heterocycles. The number of carboxylic acids is 1. The molecule has 0 unspecified atom stereocenters. The number of benzene rings is 2. The Morgan fingerprint density at radius 3 is 2.46 bits per heavy atom. The Balaban J connectivity index is 1.93. The molecular weight excluding hydrogens is 324 g/mol. The van der Waals surface area contributed by atoms with Gasteiger partial charge in [0.05, 0.1) is 16.0 Å². The van der Waals surface area contributed by atoms with Crippen LogP contribution in [0, 0.1) is 6.92 Å². The van der Waals surface area contributed by atoms with Gasteiger partial charge in [0, 0.05) is 17.4 Å². The smallest absolute Gasteiger partial charge is 0.335 e. The molecule has 0 spiro atoms. The number of nitrogens with one attached hydrogen (secondary N) is 1. The maximum absolute atomic E-state index is 12.3. The molecule has 0 atom stereocenters. The molecule has 3 rings (SSSR count). The molecule has 0 saturated heterocycles. The SMILES string of the molecule is Cc1ccc(C(=O)Nc2cc(C(=O)O)cc(-c3cncs3)c2)cc1. The Bertz CT molecular complexity index is 887. The van der Waals surface area contributed by atoms with Crippen LogP contribution in [0.4, 0.5) is 5.69 Å². The van der Waals surface area contributed by atoms with Gasteiger partial charge in [-0.2, -0.15) is 0 Å². The van der Waals surface area contributed by atoms with E-state index in [1.54, 1.807) is 36.0 Å². The molecule has 0 saturated carbocycles. The second kappa shape index (κ2) is 6.64. The highest BCUT2D eigenvalue weighted by Crippen LogP contribution is 2.28. The molecular formula is C18H14N2O3S. The average Bonchev–Trinajstić information content (AvgIpc) is 3.09. The summed E-state index contributed by atoms with van der Waals surface area (Å²) in [4.78, 5) is 28.5. The first-order valence-electron chi connectivity index (χ1n) is 7.18. The van der Waals surface area contributed by atoms with Gasteiger partial charge < -0.3 is 10.4 Å². The summed E-state index contributed by atoms with van der Waals surface area (Å²) in [6.07, 6.45) is 1.66. The highest BCUT2D eigenvalue weighted by molar-refractivity contribution is 7.13. The quantitative estimate of drug-likeness (QED) is 0.751. The molecule has 2 aromatic carbocycles. The van der Waals surface area contributed by atoms with Gasteiger partial charge in [0.2, 0.25) is 0 Å². The van der Waals surface area contributed by atoms with Gasteiger partial charge in [-0.25, -0.2) is 4.79 Å². The van der Waals surface area contributed by atoms with E-state index >= 15 is 0 Å². The number of carbonyl (C=O) groups excluding carboxylic acids is 1. The summed E-state index contributed by atoms with van der Waals surface area (Å²) in [5, 5.41) is 12.0. The predicted molar refractivity (Wildman–Crippen MR) is 93.6 cm³/mol. The van der Waals surface area contributed by atoms with Crippen molar-refractivity contribution in [3.8, 4) is 10.4 Å². The van der Waals surface area contributed by atoms with Gasteiger partial charge in [0.1, 0.15) is 0 Å². The van der Waals surface area contributed by atoms with Crippen molar-refractivity contribution in [2.45, 2.75) is 6.92 Å². The number of nitrogens with zero attached hydrogens (tertiary/aromatic N) is 1. The summed E-state index contributed by atoms with van der Waals surface area (Å²) in [5.74, 6) is -1.33. The van der Waals surface area contributed by atoms with Crippen molar-refractivity contribution in [2.24, 2.45) is 0 Å². The van der Waals surface area contributed by atoms with Crippen LogP contribution in [0.2, 0.25) is 0 Å². The van der Waals surface area contributed by atoms with Crippen molar-refractivity contribution in [3.63, 3.8) is 0 Å². The summed E-state index contributed by atoms with van der Waals surface area (Å²) in [7, 11) is 0. The Morgan fingerprint density at radius 2 is 1.83 bits per heavy atom. The molecule has 6 heteroatoms. The van der Waals surface area contributed by atoms with Gasteiger partial charge in [-0.05, 0) is 42.8 Å². The highest BCUT2D eigenvalue weighted by atomic mass is 32.1. The van der Waals surface area contributed by atoms with E-state index < -0.39 is 5.97 Å². The maximum Gasteiger partial charge on any atom is 0.335 e. The van der Waals surface area contributed by atoms with Crippen molar-refractivity contribution in [1.82, 2.24) is 4.98 Å². The molecule has 1 amide bonds. The van der Waals surface area contributed by atoms with E-state index in [1.807, 2.05) is 19.1 Å². The zero-order valence-electron chi connectivity index (χ0n) is 12.8. The number of aromatic carboxylic acids is 1. The minimum atomic E-state index is -1.05. The third kappa shape index (κ3) is 3.49. The lowest BCUT2D eigenvalue weighted by Crippen LogP contribution is -2.12. The lowest BCUT2D eigenvalue weighted by atomic mass is 10.1. The van der Waals surface area contributed by atoms with E-state index in [0.29, 0.717) is 16.8 Å². The van der Waals surface area contributed by atoms with E-state index in [4.69, 9.17) is 0 Å². The fourth-order valence-corrected chi connectivity index (χ4v) is 2.84. The minimum absolute atomic E-state index is 0.111. The van der Waals surface area contributed by atoms with Crippen molar-refractivity contribution in [3.05, 3.63) is 70.9 Å². The van der Waals surface area contributed by atoms with Crippen LogP contribution >= 0.6 is 11.3 Å². The van der Waals surface area contributed by atoms with Gasteiger partial charge in [-0.3, -0.25) is 9.78 Å². The Morgan fingerprint density at radius 1 is 1.08 bits per heavy atom. The summed E-state index contributed by atoms with van der Waals surface area (Å²) in [6.45, 7) is 1.94. The molecule has 3 aromatic rings. The van der Waals surface area contributed by atoms with Crippen molar-refractivity contribution < 1.29 is 14.7 Å². The summed E-state index contributed by atoms with van der Waals surface area (Å²) in [6, 6.07) is 11.9. The number of anilines is 1. The zero-order valence-corrected chi connectivity index (χ0v) is 13.6. The fraction of sp³-hybridized carbons (Fsp3) is 0.0556. The molecule has 0 aliphatic heterocycles. The zero-order chi connectivity index (χ0) is 17.1. The third-order valence-corrected chi connectivity index (χ3v) is 4.29. The van der Waals surface area contributed by atoms with Gasteiger partial charge in [0.15, 0.2) is 0 Å². The minimum Gasteiger partial charge on any atom is -0.478 e. The van der Waals surface area contributed by atoms with Crippen LogP contribution in [0.5, 0.6) is 0 Å². The van der Waals surface area contributed by atoms with E-state index in [1.165, 1.54) is 17.4 Å². The number of amides is 1. The van der Waals surface area contributed by atoms with Crippen LogP contribution in [-0.4, -0.2) is 22.0 Å². The molecule has 120 valence electrons. The van der Waals surface area contributed by atoms with Gasteiger partial charge in [0.25, 0.3) is 5.91 Å². The van der Waals surface area contributed by atoms with E-state index in [9.17, 15) is 14.7 Å². The third-order valence-electron chi connectivity index (χ3n) is 3.47. The maximum atomic E-state index is 12.3. The van der Waals surface area contributed by atoms with Crippen LogP contribution in [-0.2, 0) is 0 Å². The topological polar surface area (TPSA) is 79.3 Å². The monoisotopic (exact) mass is 338 g/mol. The number of carbonyl (C=O) groups is 2. The molecule has 24 heavy (non-hydrogen) atoms. The second-order valence-electron chi connectivity index (χ2n) is 5.29. The van der Waals surface area contributed by atoms with E-state index in [2.05, 4.69) is 10.3 Å². The van der Waals surface area contributed by atoms with Crippen LogP contribution in [0.25, 0.3) is 10.4 Å². The van der Waals surface area contributed by atoms with E-state index in [-0.39, 0.29) is 11.5 Å². The number of thiazole rings is 1. The Labute approximate surface area is 142 Å². The first-order valence-corrected chi connectivity index (χ1v) is 8.06. The summed E-state index contributed by atoms with van der Waals surface area (Å²) in [5.41, 5.74) is 4.50. The average molecular weight is 338 g/mol. The Kier molecular flexibility index (Phi) is 4.39. The molecule has 0 aliphatic rings. The molecule has 1 heterocycles. The number of hydrogen-bond donors (Lipinski definition) is 2. The molecule has 0 radical (unpaired) electrons. The Hall–Kier alpha value is -2.99. The number of hydrogen-bond acceptors (Lipinski definition) is 4. The largest absolute Gasteiger partial charge is 0.478 e. The van der Waals surface area contributed by atoms with Gasteiger partial charge in [-0.1, -0.05) is 17.7 Å². The van der Waals surface area contributed by atoms with Crippen LogP contribution in [0.1, 0.15) is 26.3 Å². The number of rotatable bonds is 4. The molecule has 5 nitrogen and oxygen atoms in total. The highest BCUT2D eigenvalue weighted by Gasteiger charge is 2.12. The van der Waals surface area contributed by atoms with Crippen molar-refractivity contribution in [2.75, 3.05) is 5.32 Å². The molecule has 0 fully saturated rings. The number of aromatic nitrogens is 1. The van der Waals surface area contributed by atoms with Crippen LogP contribution in [0.3, 0.4) is 0 Å². The standard InChI is InChI=1S/C18H14N2O3S/c1-11-2-4-12(5-3-11)17(21)20-15-7-13(16-9-19-10-24-16)6-14(8-15)18(22)23/h2-10H,1H3,(H,20,21)(H,22,23). The lowest BCUT2D eigenvalue weighted by molar-refractivity contribution is 0.0696. The van der Waals surface area contributed by atoms with Gasteiger partial charge >= 0.3 is 5.97 Å². The summed E-state index contributed by atoms with van der Waals surface area (Å²) < 4.78 is 0. The first-order chi connectivity index (χ1) is 11.5. The van der Waals surface area contributed by atoms with Crippen molar-refractivity contribution >= 4 is 28.9 Å². The van der Waals surface area contributed by atoms with Crippen LogP contribution in [0.15, 0.2) is 54.2 Å². The van der Waals surface area contributed by atoms with E-state index in [0.717, 1.165) is 10.4 Å². The first kappa shape index (κ1) is 15.9. The molecule has 0 aliphatic carbocycles.